The van der Waals surface area contributed by atoms with Gasteiger partial charge in [0.05, 0.1) is 18.2 Å². The topological polar surface area (TPSA) is 41.6 Å². The molecule has 2 rings (SSSR count). The van der Waals surface area contributed by atoms with E-state index in [0.29, 0.717) is 0 Å². The third kappa shape index (κ3) is 2.39. The summed E-state index contributed by atoms with van der Waals surface area (Å²) in [6, 6.07) is 7.12. The van der Waals surface area contributed by atoms with Crippen molar-refractivity contribution in [2.45, 2.75) is 12.3 Å². The van der Waals surface area contributed by atoms with Gasteiger partial charge in [0.25, 0.3) is 0 Å². The molecule has 0 aliphatic carbocycles. The lowest BCUT2D eigenvalue weighted by molar-refractivity contribution is 0.247. The minimum Gasteiger partial charge on any atom is -0.497 e. The number of hydrogen-bond donors (Lipinski definition) is 2. The van der Waals surface area contributed by atoms with E-state index in [4.69, 9.17) is 4.74 Å². The number of hydrogen-bond acceptors (Lipinski definition) is 3. The summed E-state index contributed by atoms with van der Waals surface area (Å²) in [5.41, 5.74) is 1.78. The Bertz CT molecular complexity index is 456. The molecule has 90 valence electrons. The fourth-order valence-corrected chi connectivity index (χ4v) is 1.74. The first kappa shape index (κ1) is 11.9. The number of nitrogens with zero attached hydrogens (tertiary/aromatic N) is 1. The van der Waals surface area contributed by atoms with Crippen LogP contribution < -0.4 is 15.0 Å². The molecule has 0 spiro atoms. The molecule has 5 heteroatoms. The van der Waals surface area contributed by atoms with E-state index in [2.05, 4.69) is 17.9 Å². The monoisotopic (exact) mass is 250 g/mol. The highest BCUT2D eigenvalue weighted by molar-refractivity contribution is 7.81. The molecule has 0 saturated heterocycles. The SMILES string of the molecule is COc1ccc(N2C=C(C)C(S)NC2=O)cc1. The quantitative estimate of drug-likeness (QED) is 0.791. The summed E-state index contributed by atoms with van der Waals surface area (Å²) in [4.78, 5) is 13.4. The number of rotatable bonds is 2. The van der Waals surface area contributed by atoms with E-state index in [-0.39, 0.29) is 11.4 Å². The molecule has 1 heterocycles. The highest BCUT2D eigenvalue weighted by Crippen LogP contribution is 2.23. The van der Waals surface area contributed by atoms with Crippen molar-refractivity contribution in [2.75, 3.05) is 12.0 Å². The smallest absolute Gasteiger partial charge is 0.327 e. The Labute approximate surface area is 106 Å². The average Bonchev–Trinajstić information content (AvgIpc) is 2.34. The molecule has 0 fully saturated rings. The summed E-state index contributed by atoms with van der Waals surface area (Å²) in [5.74, 6) is 0.763. The van der Waals surface area contributed by atoms with Gasteiger partial charge in [0.15, 0.2) is 0 Å². The third-order valence-electron chi connectivity index (χ3n) is 2.59. The van der Waals surface area contributed by atoms with Gasteiger partial charge in [0, 0.05) is 6.20 Å². The molecule has 1 aliphatic heterocycles. The van der Waals surface area contributed by atoms with Crippen LogP contribution in [0.2, 0.25) is 0 Å². The van der Waals surface area contributed by atoms with Gasteiger partial charge in [-0.15, -0.1) is 0 Å². The summed E-state index contributed by atoms with van der Waals surface area (Å²) in [7, 11) is 1.61. The number of carbonyl (C=O) groups is 1. The normalized spacial score (nSPS) is 19.7. The van der Waals surface area contributed by atoms with Crippen LogP contribution in [0.4, 0.5) is 10.5 Å². The molecule has 0 saturated carbocycles. The van der Waals surface area contributed by atoms with Crippen molar-refractivity contribution >= 4 is 24.3 Å². The van der Waals surface area contributed by atoms with Crippen molar-refractivity contribution in [3.63, 3.8) is 0 Å². The van der Waals surface area contributed by atoms with Gasteiger partial charge in [-0.2, -0.15) is 12.6 Å². The lowest BCUT2D eigenvalue weighted by atomic mass is 10.2. The van der Waals surface area contributed by atoms with Crippen molar-refractivity contribution < 1.29 is 9.53 Å². The fourth-order valence-electron chi connectivity index (χ4n) is 1.57. The van der Waals surface area contributed by atoms with Crippen molar-refractivity contribution in [2.24, 2.45) is 0 Å². The van der Waals surface area contributed by atoms with Crippen LogP contribution in [0.1, 0.15) is 6.92 Å². The lowest BCUT2D eigenvalue weighted by Gasteiger charge is -2.28. The maximum atomic E-state index is 11.8. The second kappa shape index (κ2) is 4.71. The summed E-state index contributed by atoms with van der Waals surface area (Å²) in [6.07, 6.45) is 1.79. The zero-order valence-electron chi connectivity index (χ0n) is 9.68. The zero-order chi connectivity index (χ0) is 12.4. The molecule has 0 aromatic heterocycles. The number of nitrogens with one attached hydrogen (secondary N) is 1. The van der Waals surface area contributed by atoms with Crippen LogP contribution in [0.3, 0.4) is 0 Å². The highest BCUT2D eigenvalue weighted by atomic mass is 32.1. The van der Waals surface area contributed by atoms with Crippen molar-refractivity contribution in [1.82, 2.24) is 5.32 Å². The van der Waals surface area contributed by atoms with Crippen molar-refractivity contribution in [3.05, 3.63) is 36.0 Å². The van der Waals surface area contributed by atoms with Gasteiger partial charge in [-0.1, -0.05) is 0 Å². The molecule has 1 atom stereocenters. The number of anilines is 1. The molecule has 1 aromatic carbocycles. The lowest BCUT2D eigenvalue weighted by Crippen LogP contribution is -2.45. The molecule has 4 nitrogen and oxygen atoms in total. The number of thiol groups is 1. The van der Waals surface area contributed by atoms with Crippen LogP contribution in [-0.4, -0.2) is 18.5 Å². The Morgan fingerprint density at radius 1 is 1.35 bits per heavy atom. The van der Waals surface area contributed by atoms with Gasteiger partial charge < -0.3 is 10.1 Å². The van der Waals surface area contributed by atoms with Gasteiger partial charge in [-0.3, -0.25) is 4.90 Å². The predicted molar refractivity (Wildman–Crippen MR) is 70.5 cm³/mol. The number of urea groups is 1. The predicted octanol–water partition coefficient (Wildman–Crippen LogP) is 2.38. The first-order chi connectivity index (χ1) is 8.11. The number of amides is 2. The first-order valence-corrected chi connectivity index (χ1v) is 5.73. The van der Waals surface area contributed by atoms with Crippen LogP contribution in [-0.2, 0) is 0 Å². The van der Waals surface area contributed by atoms with Crippen molar-refractivity contribution in [3.8, 4) is 5.75 Å². The zero-order valence-corrected chi connectivity index (χ0v) is 10.6. The van der Waals surface area contributed by atoms with E-state index in [1.165, 1.54) is 0 Å². The molecular weight excluding hydrogens is 236 g/mol. The largest absolute Gasteiger partial charge is 0.497 e. The Morgan fingerprint density at radius 2 is 2.00 bits per heavy atom. The summed E-state index contributed by atoms with van der Waals surface area (Å²) in [5, 5.41) is 2.55. The average molecular weight is 250 g/mol. The van der Waals surface area contributed by atoms with Crippen molar-refractivity contribution in [1.29, 1.82) is 0 Å². The Kier molecular flexibility index (Phi) is 3.28. The molecule has 0 bridgehead atoms. The highest BCUT2D eigenvalue weighted by Gasteiger charge is 2.22. The molecule has 1 aromatic rings. The van der Waals surface area contributed by atoms with E-state index in [1.54, 1.807) is 18.2 Å². The second-order valence-corrected chi connectivity index (χ2v) is 4.31. The van der Waals surface area contributed by atoms with E-state index in [0.717, 1.165) is 17.0 Å². The number of benzene rings is 1. The van der Waals surface area contributed by atoms with E-state index < -0.39 is 0 Å². The Hall–Kier alpha value is -1.62. The third-order valence-corrected chi connectivity index (χ3v) is 3.13. The first-order valence-electron chi connectivity index (χ1n) is 5.22. The Balaban J connectivity index is 2.29. The van der Waals surface area contributed by atoms with Crippen LogP contribution in [0.25, 0.3) is 0 Å². The molecule has 17 heavy (non-hydrogen) atoms. The van der Waals surface area contributed by atoms with Gasteiger partial charge in [0.1, 0.15) is 5.75 Å². The van der Waals surface area contributed by atoms with Gasteiger partial charge in [-0.25, -0.2) is 4.79 Å². The molecule has 1 N–H and O–H groups in total. The maximum absolute atomic E-state index is 11.8. The summed E-state index contributed by atoms with van der Waals surface area (Å²) >= 11 is 4.25. The summed E-state index contributed by atoms with van der Waals surface area (Å²) in [6.45, 7) is 1.92. The molecular formula is C12H14N2O2S. The van der Waals surface area contributed by atoms with Crippen LogP contribution in [0, 0.1) is 0 Å². The second-order valence-electron chi connectivity index (χ2n) is 3.79. The van der Waals surface area contributed by atoms with Gasteiger partial charge >= 0.3 is 6.03 Å². The van der Waals surface area contributed by atoms with Crippen LogP contribution in [0.5, 0.6) is 5.75 Å². The minimum absolute atomic E-state index is 0.180. The fraction of sp³-hybridized carbons (Fsp3) is 0.250. The molecule has 0 radical (unpaired) electrons. The Morgan fingerprint density at radius 3 is 2.59 bits per heavy atom. The van der Waals surface area contributed by atoms with Gasteiger partial charge in [-0.05, 0) is 36.8 Å². The minimum atomic E-state index is -0.211. The maximum Gasteiger partial charge on any atom is 0.327 e. The van der Waals surface area contributed by atoms with Crippen LogP contribution in [0.15, 0.2) is 36.0 Å². The number of methoxy groups -OCH3 is 1. The van der Waals surface area contributed by atoms with E-state index >= 15 is 0 Å². The molecule has 1 aliphatic rings. The van der Waals surface area contributed by atoms with Gasteiger partial charge in [0.2, 0.25) is 0 Å². The molecule has 1 unspecified atom stereocenters. The van der Waals surface area contributed by atoms with E-state index in [9.17, 15) is 4.79 Å². The number of carbonyl (C=O) groups excluding carboxylic acids is 1. The number of ether oxygens (including phenoxy) is 1. The molecule has 2 amide bonds. The van der Waals surface area contributed by atoms with Crippen LogP contribution >= 0.6 is 12.6 Å². The standard InChI is InChI=1S/C12H14N2O2S/c1-8-7-14(12(15)13-11(8)17)9-3-5-10(16-2)6-4-9/h3-7,11,17H,1-2H3,(H,13,15). The van der Waals surface area contributed by atoms with E-state index in [1.807, 2.05) is 31.2 Å². The summed E-state index contributed by atoms with van der Waals surface area (Å²) < 4.78 is 5.07.